The predicted octanol–water partition coefficient (Wildman–Crippen LogP) is 2.19. The molecule has 0 spiro atoms. The number of nitrogen functional groups attached to an aromatic ring is 1. The molecule has 1 amide bonds. The molecule has 0 bridgehead atoms. The number of nitrogens with zero attached hydrogens (tertiary/aromatic N) is 3. The number of para-hydroxylation sites is 1. The van der Waals surface area contributed by atoms with Crippen molar-refractivity contribution in [2.75, 3.05) is 23.0 Å². The fourth-order valence-electron chi connectivity index (χ4n) is 2.81. The molecule has 30 heavy (non-hydrogen) atoms. The van der Waals surface area contributed by atoms with Crippen LogP contribution in [0.15, 0.2) is 42.5 Å². The lowest BCUT2D eigenvalue weighted by Crippen LogP contribution is -2.25. The quantitative estimate of drug-likeness (QED) is 0.544. The number of aryl methyl sites for hydroxylation is 1. The van der Waals surface area contributed by atoms with Gasteiger partial charge in [0.1, 0.15) is 5.75 Å². The highest BCUT2D eigenvalue weighted by Crippen LogP contribution is 2.28. The zero-order valence-corrected chi connectivity index (χ0v) is 16.0. The first-order valence-corrected chi connectivity index (χ1v) is 9.05. The van der Waals surface area contributed by atoms with Gasteiger partial charge >= 0.3 is 5.97 Å². The summed E-state index contributed by atoms with van der Waals surface area (Å²) >= 11 is 0. The summed E-state index contributed by atoms with van der Waals surface area (Å²) in [6.45, 7) is 1.65. The number of nitrogens with two attached hydrogens (primary N) is 1. The molecule has 1 aliphatic rings. The smallest absolute Gasteiger partial charge is 0.338 e. The molecule has 2 heterocycles. The lowest BCUT2D eigenvalue weighted by Gasteiger charge is -2.18. The van der Waals surface area contributed by atoms with E-state index in [9.17, 15) is 9.59 Å². The lowest BCUT2D eigenvalue weighted by molar-refractivity contribution is -0.118. The monoisotopic (exact) mass is 406 g/mol. The van der Waals surface area contributed by atoms with Crippen molar-refractivity contribution < 1.29 is 19.1 Å². The second-order valence-corrected chi connectivity index (χ2v) is 6.50. The highest BCUT2D eigenvalue weighted by Gasteiger charge is 2.19. The number of aromatic nitrogens is 3. The molecular weight excluding hydrogens is 388 g/mol. The maximum Gasteiger partial charge on any atom is 0.338 e. The Morgan fingerprint density at radius 1 is 1.23 bits per heavy atom. The van der Waals surface area contributed by atoms with Gasteiger partial charge in [0.05, 0.1) is 11.3 Å². The van der Waals surface area contributed by atoms with E-state index in [4.69, 9.17) is 15.2 Å². The van der Waals surface area contributed by atoms with E-state index in [-0.39, 0.29) is 42.4 Å². The first kappa shape index (κ1) is 19.1. The van der Waals surface area contributed by atoms with Gasteiger partial charge in [0.2, 0.25) is 11.9 Å². The number of esters is 1. The summed E-state index contributed by atoms with van der Waals surface area (Å²) in [4.78, 5) is 36.0. The van der Waals surface area contributed by atoms with Gasteiger partial charge in [-0.05, 0) is 36.8 Å². The first-order valence-electron chi connectivity index (χ1n) is 9.05. The van der Waals surface area contributed by atoms with Crippen molar-refractivity contribution in [3.05, 3.63) is 59.4 Å². The Balaban J connectivity index is 1.45. The summed E-state index contributed by atoms with van der Waals surface area (Å²) in [6, 6.07) is 12.3. The van der Waals surface area contributed by atoms with Gasteiger partial charge in [0.25, 0.3) is 5.91 Å². The lowest BCUT2D eigenvalue weighted by atomic mass is 10.1. The Bertz CT molecular complexity index is 1130. The van der Waals surface area contributed by atoms with Crippen LogP contribution in [0.1, 0.15) is 21.7 Å². The Morgan fingerprint density at radius 2 is 2.07 bits per heavy atom. The Labute approximate surface area is 171 Å². The predicted molar refractivity (Wildman–Crippen MR) is 108 cm³/mol. The van der Waals surface area contributed by atoms with E-state index in [1.54, 1.807) is 6.07 Å². The molecule has 152 valence electrons. The van der Waals surface area contributed by atoms with E-state index in [2.05, 4.69) is 25.6 Å². The molecule has 4 N–H and O–H groups in total. The number of amides is 1. The summed E-state index contributed by atoms with van der Waals surface area (Å²) in [5, 5.41) is 5.73. The Hall–Kier alpha value is -4.21. The van der Waals surface area contributed by atoms with E-state index >= 15 is 0 Å². The van der Waals surface area contributed by atoms with Crippen LogP contribution in [0.3, 0.4) is 0 Å². The van der Waals surface area contributed by atoms with Gasteiger partial charge in [0.15, 0.2) is 19.0 Å². The molecule has 0 radical (unpaired) electrons. The number of ether oxygens (including phenoxy) is 2. The minimum Gasteiger partial charge on any atom is -0.482 e. The number of rotatable bonds is 5. The third kappa shape index (κ3) is 4.27. The van der Waals surface area contributed by atoms with Crippen molar-refractivity contribution >= 4 is 35.1 Å². The fraction of sp³-hybridized carbons (Fsp3) is 0.150. The number of hydrogen-bond acceptors (Lipinski definition) is 9. The molecular formula is C20H18N6O4. The second kappa shape index (κ2) is 8.03. The van der Waals surface area contributed by atoms with E-state index in [0.29, 0.717) is 11.4 Å². The van der Waals surface area contributed by atoms with Crippen LogP contribution in [0.25, 0.3) is 0 Å². The summed E-state index contributed by atoms with van der Waals surface area (Å²) in [5.74, 6) is 0.0171. The minimum atomic E-state index is -0.592. The van der Waals surface area contributed by atoms with Crippen molar-refractivity contribution in [1.29, 1.82) is 0 Å². The van der Waals surface area contributed by atoms with Crippen LogP contribution < -0.4 is 21.1 Å². The number of carbonyl (C=O) groups is 2. The Morgan fingerprint density at radius 3 is 2.90 bits per heavy atom. The van der Waals surface area contributed by atoms with Gasteiger partial charge in [-0.1, -0.05) is 18.2 Å². The fourth-order valence-corrected chi connectivity index (χ4v) is 2.81. The molecule has 0 atom stereocenters. The average Bonchev–Trinajstić information content (AvgIpc) is 2.73. The van der Waals surface area contributed by atoms with E-state index in [1.165, 1.54) is 12.1 Å². The molecule has 1 aromatic heterocycles. The highest BCUT2D eigenvalue weighted by molar-refractivity contribution is 5.97. The maximum absolute atomic E-state index is 12.4. The standard InChI is InChI=1S/C20H18N6O4/c1-11-4-2-3-5-13(11)23-20-25-16(24-19(21)26-20)9-30-18(28)12-6-7-14-15(8-12)29-10-17(27)22-14/h2-8H,9-10H2,1H3,(H,22,27)(H3,21,23,24,25,26). The number of benzene rings is 2. The molecule has 2 aromatic carbocycles. The summed E-state index contributed by atoms with van der Waals surface area (Å²) in [5.41, 5.74) is 8.37. The third-order valence-electron chi connectivity index (χ3n) is 4.27. The summed E-state index contributed by atoms with van der Waals surface area (Å²) in [7, 11) is 0. The van der Waals surface area contributed by atoms with Crippen LogP contribution in [-0.4, -0.2) is 33.4 Å². The molecule has 4 rings (SSSR count). The molecule has 10 nitrogen and oxygen atoms in total. The molecule has 0 unspecified atom stereocenters. The van der Waals surface area contributed by atoms with Crippen molar-refractivity contribution in [1.82, 2.24) is 15.0 Å². The van der Waals surface area contributed by atoms with Gasteiger partial charge < -0.3 is 25.8 Å². The number of hydrogen-bond donors (Lipinski definition) is 3. The number of nitrogens with one attached hydrogen (secondary N) is 2. The zero-order valence-electron chi connectivity index (χ0n) is 16.0. The molecule has 0 fully saturated rings. The third-order valence-corrected chi connectivity index (χ3v) is 4.27. The van der Waals surface area contributed by atoms with E-state index in [1.807, 2.05) is 31.2 Å². The van der Waals surface area contributed by atoms with Crippen LogP contribution in [0.2, 0.25) is 0 Å². The van der Waals surface area contributed by atoms with Crippen molar-refractivity contribution in [3.8, 4) is 5.75 Å². The Kier molecular flexibility index (Phi) is 5.12. The van der Waals surface area contributed by atoms with Crippen LogP contribution in [0.5, 0.6) is 5.75 Å². The van der Waals surface area contributed by atoms with Gasteiger partial charge in [0, 0.05) is 5.69 Å². The van der Waals surface area contributed by atoms with Crippen LogP contribution in [0.4, 0.5) is 23.3 Å². The number of anilines is 4. The summed E-state index contributed by atoms with van der Waals surface area (Å²) in [6.07, 6.45) is 0. The molecule has 0 aliphatic carbocycles. The van der Waals surface area contributed by atoms with Crippen molar-refractivity contribution in [2.24, 2.45) is 0 Å². The highest BCUT2D eigenvalue weighted by atomic mass is 16.5. The van der Waals surface area contributed by atoms with E-state index in [0.717, 1.165) is 11.3 Å². The van der Waals surface area contributed by atoms with Crippen molar-refractivity contribution in [2.45, 2.75) is 13.5 Å². The van der Waals surface area contributed by atoms with E-state index < -0.39 is 5.97 Å². The number of carbonyl (C=O) groups excluding carboxylic acids is 2. The maximum atomic E-state index is 12.4. The van der Waals surface area contributed by atoms with Crippen LogP contribution in [-0.2, 0) is 16.1 Å². The van der Waals surface area contributed by atoms with Crippen molar-refractivity contribution in [3.63, 3.8) is 0 Å². The van der Waals surface area contributed by atoms with Gasteiger partial charge in [-0.2, -0.15) is 15.0 Å². The summed E-state index contributed by atoms with van der Waals surface area (Å²) < 4.78 is 10.6. The normalized spacial score (nSPS) is 12.4. The zero-order chi connectivity index (χ0) is 21.1. The van der Waals surface area contributed by atoms with Crippen LogP contribution in [0, 0.1) is 6.92 Å². The second-order valence-electron chi connectivity index (χ2n) is 6.50. The average molecular weight is 406 g/mol. The van der Waals surface area contributed by atoms with Crippen LogP contribution >= 0.6 is 0 Å². The minimum absolute atomic E-state index is 0.00468. The topological polar surface area (TPSA) is 141 Å². The molecule has 10 heteroatoms. The largest absolute Gasteiger partial charge is 0.482 e. The molecule has 1 aliphatic heterocycles. The number of fused-ring (bicyclic) bond motifs is 1. The van der Waals surface area contributed by atoms with Gasteiger partial charge in [-0.3, -0.25) is 4.79 Å². The molecule has 0 saturated carbocycles. The first-order chi connectivity index (χ1) is 14.5. The van der Waals surface area contributed by atoms with Gasteiger partial charge in [-0.25, -0.2) is 4.79 Å². The molecule has 0 saturated heterocycles. The molecule has 3 aromatic rings. The SMILES string of the molecule is Cc1ccccc1Nc1nc(N)nc(COC(=O)c2ccc3c(c2)OCC(=O)N3)n1. The van der Waals surface area contributed by atoms with Gasteiger partial charge in [-0.15, -0.1) is 0 Å².